The number of epoxide rings is 1. The van der Waals surface area contributed by atoms with Crippen molar-refractivity contribution in [1.29, 1.82) is 0 Å². The van der Waals surface area contributed by atoms with Crippen LogP contribution < -0.4 is 9.47 Å². The zero-order chi connectivity index (χ0) is 25.6. The minimum atomic E-state index is -1.59. The monoisotopic (exact) mass is 498 g/mol. The second kappa shape index (κ2) is 6.23. The second-order valence-electron chi connectivity index (χ2n) is 10.1. The average Bonchev–Trinajstić information content (AvgIpc) is 3.55. The molecule has 6 aromatic rings. The van der Waals surface area contributed by atoms with Crippen LogP contribution in [0.2, 0.25) is 0 Å². The van der Waals surface area contributed by atoms with Gasteiger partial charge in [0, 0.05) is 43.4 Å². The molecule has 0 spiro atoms. The predicted octanol–water partition coefficient (Wildman–Crippen LogP) is 6.42. The maximum atomic E-state index is 14.5. The first-order chi connectivity index (χ1) is 18.6. The van der Waals surface area contributed by atoms with E-state index in [0.717, 1.165) is 32.3 Å². The predicted molar refractivity (Wildman–Crippen MR) is 141 cm³/mol. The Hall–Kier alpha value is -4.68. The number of benzene rings is 5. The molecule has 0 bridgehead atoms. The van der Waals surface area contributed by atoms with E-state index in [2.05, 4.69) is 0 Å². The van der Waals surface area contributed by atoms with E-state index in [4.69, 9.17) is 18.6 Å². The van der Waals surface area contributed by atoms with Gasteiger partial charge >= 0.3 is 0 Å². The Morgan fingerprint density at radius 2 is 0.974 bits per heavy atom. The highest BCUT2D eigenvalue weighted by Crippen LogP contribution is 2.75. The number of hydrogen-bond acceptors (Lipinski definition) is 6. The molecule has 38 heavy (non-hydrogen) atoms. The van der Waals surface area contributed by atoms with Crippen molar-refractivity contribution in [2.24, 2.45) is 0 Å². The molecule has 1 aromatic heterocycles. The molecular weight excluding hydrogens is 480 g/mol. The molecule has 0 radical (unpaired) electrons. The Morgan fingerprint density at radius 3 is 1.39 bits per heavy atom. The Labute approximate surface area is 215 Å². The summed E-state index contributed by atoms with van der Waals surface area (Å²) in [6, 6.07) is 22.5. The van der Waals surface area contributed by atoms with Crippen molar-refractivity contribution in [2.75, 3.05) is 14.2 Å². The molecule has 2 atom stereocenters. The third-order valence-electron chi connectivity index (χ3n) is 8.62. The van der Waals surface area contributed by atoms with Crippen molar-refractivity contribution in [1.82, 2.24) is 0 Å². The maximum absolute atomic E-state index is 14.5. The topological polar surface area (TPSA) is 78.3 Å². The molecule has 2 unspecified atom stereocenters. The minimum absolute atomic E-state index is 0.266. The van der Waals surface area contributed by atoms with E-state index < -0.39 is 11.2 Å². The molecule has 2 heterocycles. The number of ketones is 2. The number of carbonyl (C=O) groups is 2. The molecule has 1 aliphatic heterocycles. The smallest absolute Gasteiger partial charge is 0.204 e. The van der Waals surface area contributed by atoms with Gasteiger partial charge in [0.15, 0.2) is 0 Å². The molecule has 0 amide bonds. The van der Waals surface area contributed by atoms with E-state index in [1.807, 2.05) is 48.5 Å². The summed E-state index contributed by atoms with van der Waals surface area (Å²) in [4.78, 5) is 29.0. The first-order valence-electron chi connectivity index (χ1n) is 12.4. The summed E-state index contributed by atoms with van der Waals surface area (Å²) in [5.41, 5.74) is -0.145. The molecule has 9 rings (SSSR count). The van der Waals surface area contributed by atoms with Crippen molar-refractivity contribution >= 4 is 55.0 Å². The van der Waals surface area contributed by atoms with Gasteiger partial charge in [-0.2, -0.15) is 0 Å². The molecule has 0 N–H and O–H groups in total. The molecular formula is C32H18O6. The minimum Gasteiger partial charge on any atom is -0.496 e. The van der Waals surface area contributed by atoms with Crippen LogP contribution in [0.5, 0.6) is 11.5 Å². The van der Waals surface area contributed by atoms with Gasteiger partial charge in [-0.05, 0) is 0 Å². The lowest BCUT2D eigenvalue weighted by atomic mass is 9.63. The molecule has 0 saturated carbocycles. The average molecular weight is 498 g/mol. The third kappa shape index (κ3) is 1.83. The highest BCUT2D eigenvalue weighted by molar-refractivity contribution is 6.35. The fraction of sp³-hybridized carbons (Fsp3) is 0.125. The van der Waals surface area contributed by atoms with Gasteiger partial charge in [-0.1, -0.05) is 72.8 Å². The number of carbonyl (C=O) groups excluding carboxylic acids is 2. The van der Waals surface area contributed by atoms with Crippen LogP contribution >= 0.6 is 0 Å². The maximum Gasteiger partial charge on any atom is 0.204 e. The van der Waals surface area contributed by atoms with Crippen LogP contribution in [0.4, 0.5) is 0 Å². The Bertz CT molecular complexity index is 1990. The van der Waals surface area contributed by atoms with E-state index >= 15 is 0 Å². The van der Waals surface area contributed by atoms with Crippen molar-refractivity contribution in [3.05, 3.63) is 95.1 Å². The van der Waals surface area contributed by atoms with Crippen molar-refractivity contribution in [2.45, 2.75) is 11.2 Å². The van der Waals surface area contributed by atoms with Crippen molar-refractivity contribution < 1.29 is 28.2 Å². The van der Waals surface area contributed by atoms with Crippen LogP contribution in [-0.2, 0) is 15.9 Å². The van der Waals surface area contributed by atoms with Gasteiger partial charge in [0.25, 0.3) is 0 Å². The summed E-state index contributed by atoms with van der Waals surface area (Å²) in [6.07, 6.45) is 0. The molecule has 5 aromatic carbocycles. The van der Waals surface area contributed by atoms with E-state index in [9.17, 15) is 9.59 Å². The fourth-order valence-electron chi connectivity index (χ4n) is 7.19. The standard InChI is InChI=1S/C32H18O6/c1-35-27-17-11-5-3-9-15(17)25-21-22-24(28(36-2)18-12-6-4-10-16(18)26(22)37-25)32-30(34)20-14-8-7-13-19(20)29(33)31(32,38-32)23(21)27/h3-14H,1-2H3. The molecule has 1 saturated heterocycles. The Morgan fingerprint density at radius 1 is 0.579 bits per heavy atom. The summed E-state index contributed by atoms with van der Waals surface area (Å²) in [7, 11) is 3.17. The van der Waals surface area contributed by atoms with Crippen LogP contribution in [-0.4, -0.2) is 25.8 Å². The largest absolute Gasteiger partial charge is 0.496 e. The van der Waals surface area contributed by atoms with Crippen LogP contribution in [0.15, 0.2) is 77.2 Å². The van der Waals surface area contributed by atoms with Gasteiger partial charge in [-0.15, -0.1) is 0 Å². The molecule has 1 fully saturated rings. The van der Waals surface area contributed by atoms with E-state index in [0.29, 0.717) is 44.9 Å². The number of Topliss-reactive ketones (excluding diaryl/α,β-unsaturated/α-hetero) is 2. The van der Waals surface area contributed by atoms with Crippen LogP contribution in [0.25, 0.3) is 43.5 Å². The fourth-order valence-corrected chi connectivity index (χ4v) is 7.19. The number of fused-ring (bicyclic) bond motifs is 5. The Balaban J connectivity index is 1.64. The van der Waals surface area contributed by atoms with Gasteiger partial charge in [-0.3, -0.25) is 9.59 Å². The van der Waals surface area contributed by atoms with E-state index in [-0.39, 0.29) is 11.6 Å². The summed E-state index contributed by atoms with van der Waals surface area (Å²) >= 11 is 0. The lowest BCUT2D eigenvalue weighted by Gasteiger charge is -2.31. The zero-order valence-corrected chi connectivity index (χ0v) is 20.4. The molecule has 6 nitrogen and oxygen atoms in total. The van der Waals surface area contributed by atoms with Crippen LogP contribution in [0.3, 0.4) is 0 Å². The van der Waals surface area contributed by atoms with Gasteiger partial charge in [-0.25, -0.2) is 0 Å². The van der Waals surface area contributed by atoms with E-state index in [1.54, 1.807) is 38.5 Å². The highest BCUT2D eigenvalue weighted by Gasteiger charge is 2.85. The quantitative estimate of drug-likeness (QED) is 0.256. The lowest BCUT2D eigenvalue weighted by molar-refractivity contribution is 0.0834. The number of furan rings is 1. The zero-order valence-electron chi connectivity index (χ0n) is 20.4. The van der Waals surface area contributed by atoms with Crippen molar-refractivity contribution in [3.8, 4) is 11.5 Å². The van der Waals surface area contributed by atoms with Crippen LogP contribution in [0, 0.1) is 0 Å². The number of ether oxygens (including phenoxy) is 3. The normalized spacial score (nSPS) is 22.7. The summed E-state index contributed by atoms with van der Waals surface area (Å²) in [5.74, 6) is 0.488. The summed E-state index contributed by atoms with van der Waals surface area (Å²) in [5, 5.41) is 4.73. The summed E-state index contributed by atoms with van der Waals surface area (Å²) in [6.45, 7) is 0. The third-order valence-corrected chi connectivity index (χ3v) is 8.62. The summed E-state index contributed by atoms with van der Waals surface area (Å²) < 4.78 is 25.4. The first-order valence-corrected chi connectivity index (χ1v) is 12.4. The number of rotatable bonds is 2. The van der Waals surface area contributed by atoms with E-state index in [1.165, 1.54) is 0 Å². The highest BCUT2D eigenvalue weighted by atomic mass is 16.6. The lowest BCUT2D eigenvalue weighted by Crippen LogP contribution is -2.43. The first kappa shape index (κ1) is 20.4. The number of hydrogen-bond donors (Lipinski definition) is 0. The molecule has 6 heteroatoms. The van der Waals surface area contributed by atoms with Gasteiger partial charge in [0.2, 0.25) is 22.8 Å². The SMILES string of the molecule is COc1c2c3c(oc4c5ccccc5c(OC)c(c43)C34OC23C(=O)c2ccccc2C4=O)c2ccccc12. The van der Waals surface area contributed by atoms with Gasteiger partial charge < -0.3 is 18.6 Å². The molecule has 3 aliphatic rings. The van der Waals surface area contributed by atoms with Gasteiger partial charge in [0.1, 0.15) is 22.7 Å². The second-order valence-corrected chi connectivity index (χ2v) is 10.1. The van der Waals surface area contributed by atoms with Crippen molar-refractivity contribution in [3.63, 3.8) is 0 Å². The Kier molecular flexibility index (Phi) is 3.34. The molecule has 2 aliphatic carbocycles. The number of methoxy groups -OCH3 is 2. The van der Waals surface area contributed by atoms with Crippen LogP contribution in [0.1, 0.15) is 31.8 Å². The van der Waals surface area contributed by atoms with Gasteiger partial charge in [0.05, 0.1) is 25.3 Å². The molecule has 182 valence electrons.